The van der Waals surface area contributed by atoms with Gasteiger partial charge in [-0.25, -0.2) is 0 Å². The molecule has 0 bridgehead atoms. The summed E-state index contributed by atoms with van der Waals surface area (Å²) in [6.45, 7) is 4.20. The third-order valence-corrected chi connectivity index (χ3v) is 5.16. The zero-order valence-corrected chi connectivity index (χ0v) is 15.6. The second-order valence-electron chi connectivity index (χ2n) is 7.07. The van der Waals surface area contributed by atoms with Gasteiger partial charge in [-0.1, -0.05) is 23.8 Å². The van der Waals surface area contributed by atoms with E-state index in [0.29, 0.717) is 18.9 Å². The summed E-state index contributed by atoms with van der Waals surface area (Å²) in [5.74, 6) is 1.10. The summed E-state index contributed by atoms with van der Waals surface area (Å²) in [7, 11) is 0. The molecule has 0 spiro atoms. The summed E-state index contributed by atoms with van der Waals surface area (Å²) in [6, 6.07) is 0.141. The highest BCUT2D eigenvalue weighted by atomic mass is 16.5. The van der Waals surface area contributed by atoms with Crippen LogP contribution < -0.4 is 0 Å². The van der Waals surface area contributed by atoms with Crippen molar-refractivity contribution in [2.24, 2.45) is 5.92 Å². The highest BCUT2D eigenvalue weighted by Gasteiger charge is 2.31. The maximum Gasteiger partial charge on any atom is 0.306 e. The van der Waals surface area contributed by atoms with E-state index < -0.39 is 0 Å². The number of hydrogen-bond acceptors (Lipinski definition) is 5. The quantitative estimate of drug-likeness (QED) is 0.642. The third kappa shape index (κ3) is 5.24. The summed E-state index contributed by atoms with van der Waals surface area (Å²) in [4.78, 5) is 14.3. The number of carbonyl (C=O) groups is 1. The van der Waals surface area contributed by atoms with Gasteiger partial charge in [-0.05, 0) is 51.5 Å². The lowest BCUT2D eigenvalue weighted by Crippen LogP contribution is -2.45. The molecule has 1 saturated heterocycles. The summed E-state index contributed by atoms with van der Waals surface area (Å²) >= 11 is 0. The van der Waals surface area contributed by atoms with Crippen LogP contribution in [0, 0.1) is 5.92 Å². The molecule has 0 aromatic heterocycles. The van der Waals surface area contributed by atoms with Crippen LogP contribution in [-0.2, 0) is 19.0 Å². The van der Waals surface area contributed by atoms with Crippen LogP contribution in [0.15, 0.2) is 48.3 Å². The number of piperidine rings is 1. The molecule has 0 aromatic carbocycles. The Morgan fingerprint density at radius 1 is 1.42 bits per heavy atom. The van der Waals surface area contributed by atoms with Crippen LogP contribution in [0.25, 0.3) is 0 Å². The molecule has 2 atom stereocenters. The maximum absolute atomic E-state index is 11.9. The molecular formula is C21H29NO4. The summed E-state index contributed by atoms with van der Waals surface area (Å²) < 4.78 is 16.3. The van der Waals surface area contributed by atoms with Gasteiger partial charge < -0.3 is 14.2 Å². The van der Waals surface area contributed by atoms with Crippen molar-refractivity contribution in [1.29, 1.82) is 0 Å². The zero-order valence-electron chi connectivity index (χ0n) is 15.6. The Hall–Kier alpha value is -2.01. The number of allylic oxidation sites excluding steroid dienone is 3. The predicted molar refractivity (Wildman–Crippen MR) is 99.8 cm³/mol. The fourth-order valence-corrected chi connectivity index (χ4v) is 3.91. The average molecular weight is 359 g/mol. The Balaban J connectivity index is 1.68. The van der Waals surface area contributed by atoms with Gasteiger partial charge in [0.25, 0.3) is 0 Å². The lowest BCUT2D eigenvalue weighted by molar-refractivity contribution is -0.144. The number of ether oxygens (including phenoxy) is 3. The molecule has 0 saturated carbocycles. The number of hydrogen-bond donors (Lipinski definition) is 0. The van der Waals surface area contributed by atoms with E-state index in [1.54, 1.807) is 18.8 Å². The molecule has 1 fully saturated rings. The van der Waals surface area contributed by atoms with Crippen molar-refractivity contribution < 1.29 is 19.0 Å². The lowest BCUT2D eigenvalue weighted by Gasteiger charge is -2.39. The van der Waals surface area contributed by atoms with Gasteiger partial charge >= 0.3 is 5.97 Å². The Morgan fingerprint density at radius 3 is 3.08 bits per heavy atom. The van der Waals surface area contributed by atoms with Gasteiger partial charge in [-0.3, -0.25) is 9.69 Å². The van der Waals surface area contributed by atoms with E-state index in [1.807, 2.05) is 6.92 Å². The first kappa shape index (κ1) is 18.8. The van der Waals surface area contributed by atoms with Crippen molar-refractivity contribution in [1.82, 2.24) is 4.90 Å². The van der Waals surface area contributed by atoms with E-state index in [9.17, 15) is 4.79 Å². The van der Waals surface area contributed by atoms with E-state index in [2.05, 4.69) is 23.1 Å². The molecule has 3 rings (SSSR count). The fourth-order valence-electron chi connectivity index (χ4n) is 3.91. The van der Waals surface area contributed by atoms with Crippen LogP contribution >= 0.6 is 0 Å². The monoisotopic (exact) mass is 359 g/mol. The second-order valence-corrected chi connectivity index (χ2v) is 7.07. The second kappa shape index (κ2) is 9.62. The first-order chi connectivity index (χ1) is 12.8. The molecule has 0 aromatic rings. The van der Waals surface area contributed by atoms with Gasteiger partial charge in [0.15, 0.2) is 5.76 Å². The van der Waals surface area contributed by atoms with Gasteiger partial charge in [-0.2, -0.15) is 0 Å². The molecule has 1 aliphatic carbocycles. The van der Waals surface area contributed by atoms with E-state index in [0.717, 1.165) is 51.0 Å². The average Bonchev–Trinajstić information content (AvgIpc) is 2.68. The summed E-state index contributed by atoms with van der Waals surface area (Å²) in [6.07, 6.45) is 17.2. The fraction of sp³-hybridized carbons (Fsp3) is 0.571. The normalized spacial score (nSPS) is 24.1. The third-order valence-electron chi connectivity index (χ3n) is 5.16. The van der Waals surface area contributed by atoms with Crippen molar-refractivity contribution in [3.63, 3.8) is 0 Å². The van der Waals surface area contributed by atoms with Crippen LogP contribution in [0.3, 0.4) is 0 Å². The van der Waals surface area contributed by atoms with E-state index in [4.69, 9.17) is 14.2 Å². The molecule has 2 aliphatic heterocycles. The minimum absolute atomic E-state index is 0.0876. The van der Waals surface area contributed by atoms with Crippen molar-refractivity contribution >= 4 is 5.97 Å². The largest absolute Gasteiger partial charge is 0.466 e. The zero-order chi connectivity index (χ0) is 18.2. The van der Waals surface area contributed by atoms with Gasteiger partial charge in [-0.15, -0.1) is 0 Å². The van der Waals surface area contributed by atoms with Crippen LogP contribution in [0.2, 0.25) is 0 Å². The van der Waals surface area contributed by atoms with E-state index in [1.165, 1.54) is 5.57 Å². The highest BCUT2D eigenvalue weighted by molar-refractivity contribution is 5.69. The SMILES string of the molecule is CCOC(=O)CC1CCCN(C(CC2=CC=CCC2)C2=COC=CO2)C1. The molecular weight excluding hydrogens is 330 g/mol. The van der Waals surface area contributed by atoms with Crippen molar-refractivity contribution in [2.45, 2.75) is 51.5 Å². The Kier molecular flexibility index (Phi) is 6.95. The Labute approximate surface area is 156 Å². The van der Waals surface area contributed by atoms with E-state index in [-0.39, 0.29) is 12.0 Å². The number of rotatable bonds is 7. The molecule has 5 heteroatoms. The smallest absolute Gasteiger partial charge is 0.306 e. The van der Waals surface area contributed by atoms with Crippen molar-refractivity contribution in [2.75, 3.05) is 19.7 Å². The minimum Gasteiger partial charge on any atom is -0.466 e. The van der Waals surface area contributed by atoms with Gasteiger partial charge in [0.1, 0.15) is 18.8 Å². The maximum atomic E-state index is 11.9. The van der Waals surface area contributed by atoms with Gasteiger partial charge in [0.2, 0.25) is 0 Å². The Morgan fingerprint density at radius 2 is 2.35 bits per heavy atom. The molecule has 26 heavy (non-hydrogen) atoms. The minimum atomic E-state index is -0.0876. The molecule has 2 unspecified atom stereocenters. The molecule has 142 valence electrons. The van der Waals surface area contributed by atoms with Crippen molar-refractivity contribution in [3.05, 3.63) is 48.3 Å². The Bertz CT molecular complexity index is 605. The van der Waals surface area contributed by atoms with Crippen LogP contribution in [0.4, 0.5) is 0 Å². The van der Waals surface area contributed by atoms with Crippen LogP contribution in [0.1, 0.15) is 45.4 Å². The van der Waals surface area contributed by atoms with Crippen molar-refractivity contribution in [3.8, 4) is 0 Å². The first-order valence-corrected chi connectivity index (χ1v) is 9.67. The summed E-state index contributed by atoms with van der Waals surface area (Å²) in [5.41, 5.74) is 1.43. The lowest BCUT2D eigenvalue weighted by atomic mass is 9.90. The molecule has 0 radical (unpaired) electrons. The molecule has 2 heterocycles. The van der Waals surface area contributed by atoms with Crippen LogP contribution in [-0.4, -0.2) is 36.6 Å². The summed E-state index contributed by atoms with van der Waals surface area (Å²) in [5, 5.41) is 0. The molecule has 5 nitrogen and oxygen atoms in total. The number of nitrogens with zero attached hydrogens (tertiary/aromatic N) is 1. The number of carbonyl (C=O) groups excluding carboxylic acids is 1. The number of likely N-dealkylation sites (tertiary alicyclic amines) is 1. The van der Waals surface area contributed by atoms with Gasteiger partial charge in [0.05, 0.1) is 12.6 Å². The molecule has 0 amide bonds. The van der Waals surface area contributed by atoms with E-state index >= 15 is 0 Å². The van der Waals surface area contributed by atoms with Gasteiger partial charge in [0, 0.05) is 13.0 Å². The highest BCUT2D eigenvalue weighted by Crippen LogP contribution is 2.30. The first-order valence-electron chi connectivity index (χ1n) is 9.67. The standard InChI is InChI=1S/C21H29NO4/c1-2-25-21(23)14-18-9-6-10-22(15-18)19(20-16-24-11-12-26-20)13-17-7-4-3-5-8-17/h3-4,7,11-12,16,18-19H,2,5-6,8-10,13-15H2,1H3. The molecule has 0 N–H and O–H groups in total. The number of esters is 1. The molecule has 3 aliphatic rings. The topological polar surface area (TPSA) is 48.0 Å². The van der Waals surface area contributed by atoms with Crippen LogP contribution in [0.5, 0.6) is 0 Å². The predicted octanol–water partition coefficient (Wildman–Crippen LogP) is 4.05.